The van der Waals surface area contributed by atoms with Crippen LogP contribution in [0.25, 0.3) is 0 Å². The summed E-state index contributed by atoms with van der Waals surface area (Å²) in [7, 11) is 2.98. The van der Waals surface area contributed by atoms with E-state index >= 15 is 0 Å². The molecule has 0 saturated carbocycles. The van der Waals surface area contributed by atoms with Gasteiger partial charge in [-0.05, 0) is 47.8 Å². The van der Waals surface area contributed by atoms with E-state index < -0.39 is 11.8 Å². The highest BCUT2D eigenvalue weighted by Gasteiger charge is 2.12. The highest BCUT2D eigenvalue weighted by Crippen LogP contribution is 2.27. The van der Waals surface area contributed by atoms with Gasteiger partial charge in [0, 0.05) is 16.9 Å². The van der Waals surface area contributed by atoms with Gasteiger partial charge < -0.3 is 25.4 Å². The van der Waals surface area contributed by atoms with Crippen LogP contribution in [0.4, 0.5) is 11.4 Å². The molecule has 0 atom stereocenters. The number of amides is 3. The minimum atomic E-state index is -0.423. The number of anilines is 2. The zero-order valence-corrected chi connectivity index (χ0v) is 17.7. The lowest BCUT2D eigenvalue weighted by Gasteiger charge is -2.11. The van der Waals surface area contributed by atoms with Crippen molar-refractivity contribution in [3.63, 3.8) is 0 Å². The first-order valence-electron chi connectivity index (χ1n) is 9.25. The molecule has 2 aromatic carbocycles. The molecule has 8 nitrogen and oxygen atoms in total. The average molecular weight is 439 g/mol. The van der Waals surface area contributed by atoms with Gasteiger partial charge in [0.2, 0.25) is 5.91 Å². The van der Waals surface area contributed by atoms with Crippen molar-refractivity contribution in [1.82, 2.24) is 5.32 Å². The molecule has 0 aliphatic carbocycles. The van der Waals surface area contributed by atoms with E-state index in [1.807, 2.05) is 5.38 Å². The van der Waals surface area contributed by atoms with Crippen LogP contribution in [-0.4, -0.2) is 38.5 Å². The van der Waals surface area contributed by atoms with E-state index in [2.05, 4.69) is 16.0 Å². The second-order valence-electron chi connectivity index (χ2n) is 6.31. The van der Waals surface area contributed by atoms with Crippen LogP contribution in [0.2, 0.25) is 0 Å². The summed E-state index contributed by atoms with van der Waals surface area (Å²) in [5.74, 6) is -0.131. The van der Waals surface area contributed by atoms with Crippen molar-refractivity contribution in [2.24, 2.45) is 0 Å². The van der Waals surface area contributed by atoms with Crippen LogP contribution >= 0.6 is 11.3 Å². The molecule has 0 saturated heterocycles. The van der Waals surface area contributed by atoms with Gasteiger partial charge in [-0.3, -0.25) is 14.4 Å². The summed E-state index contributed by atoms with van der Waals surface area (Å²) in [6, 6.07) is 15.0. The van der Waals surface area contributed by atoms with Gasteiger partial charge in [-0.25, -0.2) is 0 Å². The molecule has 0 radical (unpaired) electrons. The highest BCUT2D eigenvalue weighted by molar-refractivity contribution is 7.12. The van der Waals surface area contributed by atoms with Gasteiger partial charge in [-0.1, -0.05) is 12.1 Å². The summed E-state index contributed by atoms with van der Waals surface area (Å²) >= 11 is 1.34. The predicted molar refractivity (Wildman–Crippen MR) is 119 cm³/mol. The van der Waals surface area contributed by atoms with Crippen molar-refractivity contribution < 1.29 is 23.9 Å². The number of carbonyl (C=O) groups is 3. The van der Waals surface area contributed by atoms with Crippen molar-refractivity contribution in [3.05, 3.63) is 70.4 Å². The lowest BCUT2D eigenvalue weighted by Crippen LogP contribution is -2.32. The Morgan fingerprint density at radius 2 is 1.58 bits per heavy atom. The highest BCUT2D eigenvalue weighted by atomic mass is 32.1. The summed E-state index contributed by atoms with van der Waals surface area (Å²) in [5, 5.41) is 9.85. The fraction of sp³-hybridized carbons (Fsp3) is 0.136. The van der Waals surface area contributed by atoms with E-state index in [4.69, 9.17) is 9.47 Å². The average Bonchev–Trinajstić information content (AvgIpc) is 3.32. The summed E-state index contributed by atoms with van der Waals surface area (Å²) in [6.07, 6.45) is 0. The second-order valence-corrected chi connectivity index (χ2v) is 7.26. The standard InChI is InChI=1S/C22H21N3O5S/c1-29-17-9-8-14(11-18(17)30-2)21(27)23-13-20(26)24-15-5-3-6-16(12-15)25-22(28)19-7-4-10-31-19/h3-12H,13H2,1-2H3,(H,23,27)(H,24,26)(H,25,28). The number of rotatable bonds is 8. The summed E-state index contributed by atoms with van der Waals surface area (Å²) in [5.41, 5.74) is 1.38. The molecule has 160 valence electrons. The molecular weight excluding hydrogens is 418 g/mol. The molecule has 3 rings (SSSR count). The molecule has 0 fully saturated rings. The number of benzene rings is 2. The van der Waals surface area contributed by atoms with E-state index in [1.54, 1.807) is 48.5 Å². The van der Waals surface area contributed by atoms with Crippen molar-refractivity contribution in [3.8, 4) is 11.5 Å². The van der Waals surface area contributed by atoms with Crippen LogP contribution in [-0.2, 0) is 4.79 Å². The predicted octanol–water partition coefficient (Wildman–Crippen LogP) is 3.39. The Labute approximate surface area is 183 Å². The number of nitrogens with one attached hydrogen (secondary N) is 3. The van der Waals surface area contributed by atoms with Gasteiger partial charge in [0.15, 0.2) is 11.5 Å². The van der Waals surface area contributed by atoms with Crippen LogP contribution in [0.1, 0.15) is 20.0 Å². The maximum Gasteiger partial charge on any atom is 0.265 e. The van der Waals surface area contributed by atoms with Crippen LogP contribution in [0.3, 0.4) is 0 Å². The van der Waals surface area contributed by atoms with Crippen LogP contribution in [0.15, 0.2) is 60.0 Å². The first kappa shape index (κ1) is 21.8. The second kappa shape index (κ2) is 10.3. The molecule has 1 aromatic heterocycles. The third kappa shape index (κ3) is 5.83. The molecule has 0 aliphatic heterocycles. The molecular formula is C22H21N3O5S. The van der Waals surface area contributed by atoms with Crippen LogP contribution in [0, 0.1) is 0 Å². The Kier molecular flexibility index (Phi) is 7.23. The van der Waals surface area contributed by atoms with Crippen LogP contribution in [0.5, 0.6) is 11.5 Å². The summed E-state index contributed by atoms with van der Waals surface area (Å²) < 4.78 is 10.3. The third-order valence-electron chi connectivity index (χ3n) is 4.20. The molecule has 9 heteroatoms. The zero-order chi connectivity index (χ0) is 22.2. The number of methoxy groups -OCH3 is 2. The summed E-state index contributed by atoms with van der Waals surface area (Å²) in [4.78, 5) is 37.3. The SMILES string of the molecule is COc1ccc(C(=O)NCC(=O)Nc2cccc(NC(=O)c3cccs3)c2)cc1OC. The monoisotopic (exact) mass is 439 g/mol. The summed E-state index contributed by atoms with van der Waals surface area (Å²) in [6.45, 7) is -0.223. The third-order valence-corrected chi connectivity index (χ3v) is 5.07. The number of hydrogen-bond donors (Lipinski definition) is 3. The Hall–Kier alpha value is -3.85. The quantitative estimate of drug-likeness (QED) is 0.499. The molecule has 1 heterocycles. The topological polar surface area (TPSA) is 106 Å². The zero-order valence-electron chi connectivity index (χ0n) is 16.9. The minimum absolute atomic E-state index is 0.222. The van der Waals surface area contributed by atoms with Gasteiger partial charge in [0.1, 0.15) is 0 Å². The van der Waals surface area contributed by atoms with Gasteiger partial charge >= 0.3 is 0 Å². The lowest BCUT2D eigenvalue weighted by molar-refractivity contribution is -0.115. The smallest absolute Gasteiger partial charge is 0.265 e. The number of ether oxygens (including phenoxy) is 2. The normalized spacial score (nSPS) is 10.1. The molecule has 31 heavy (non-hydrogen) atoms. The van der Waals surface area contributed by atoms with Gasteiger partial charge in [0.05, 0.1) is 25.6 Å². The molecule has 0 unspecified atom stereocenters. The van der Waals surface area contributed by atoms with E-state index in [1.165, 1.54) is 31.6 Å². The Morgan fingerprint density at radius 3 is 2.26 bits per heavy atom. The van der Waals surface area contributed by atoms with Gasteiger partial charge in [-0.2, -0.15) is 0 Å². The number of carbonyl (C=O) groups excluding carboxylic acids is 3. The fourth-order valence-electron chi connectivity index (χ4n) is 2.72. The van der Waals surface area contributed by atoms with Gasteiger partial charge in [0.25, 0.3) is 11.8 Å². The number of thiophene rings is 1. The molecule has 3 amide bonds. The maximum absolute atomic E-state index is 12.3. The molecule has 0 aliphatic rings. The van der Waals surface area contributed by atoms with Crippen molar-refractivity contribution >= 4 is 40.4 Å². The molecule has 0 spiro atoms. The first-order valence-corrected chi connectivity index (χ1v) is 10.1. The van der Waals surface area contributed by atoms with Crippen molar-refractivity contribution in [2.45, 2.75) is 0 Å². The molecule has 0 bridgehead atoms. The molecule has 3 aromatic rings. The van der Waals surface area contributed by atoms with E-state index in [9.17, 15) is 14.4 Å². The lowest BCUT2D eigenvalue weighted by atomic mass is 10.2. The van der Waals surface area contributed by atoms with E-state index in [-0.39, 0.29) is 12.5 Å². The maximum atomic E-state index is 12.3. The molecule has 3 N–H and O–H groups in total. The first-order chi connectivity index (χ1) is 15.0. The largest absolute Gasteiger partial charge is 0.493 e. The van der Waals surface area contributed by atoms with Crippen molar-refractivity contribution in [2.75, 3.05) is 31.4 Å². The Balaban J connectivity index is 1.55. The van der Waals surface area contributed by atoms with E-state index in [0.717, 1.165) is 0 Å². The minimum Gasteiger partial charge on any atom is -0.493 e. The van der Waals surface area contributed by atoms with Crippen LogP contribution < -0.4 is 25.4 Å². The van der Waals surface area contributed by atoms with Gasteiger partial charge in [-0.15, -0.1) is 11.3 Å². The van der Waals surface area contributed by atoms with E-state index in [0.29, 0.717) is 33.3 Å². The number of hydrogen-bond acceptors (Lipinski definition) is 6. The van der Waals surface area contributed by atoms with Crippen molar-refractivity contribution in [1.29, 1.82) is 0 Å². The Morgan fingerprint density at radius 1 is 0.839 bits per heavy atom. The fourth-order valence-corrected chi connectivity index (χ4v) is 3.34. The Bertz CT molecular complexity index is 1080.